The first-order valence-electron chi connectivity index (χ1n) is 10.2. The summed E-state index contributed by atoms with van der Waals surface area (Å²) < 4.78 is 1.90. The van der Waals surface area contributed by atoms with E-state index in [1.54, 1.807) is 26.2 Å². The summed E-state index contributed by atoms with van der Waals surface area (Å²) in [4.78, 5) is 17.0. The Labute approximate surface area is 197 Å². The van der Waals surface area contributed by atoms with Crippen LogP contribution < -0.4 is 5.32 Å². The van der Waals surface area contributed by atoms with E-state index in [0.717, 1.165) is 16.8 Å². The molecule has 166 valence electrons. The lowest BCUT2D eigenvalue weighted by atomic mass is 9.90. The average Bonchev–Trinajstić information content (AvgIpc) is 3.19. The van der Waals surface area contributed by atoms with Gasteiger partial charge in [-0.25, -0.2) is 0 Å². The van der Waals surface area contributed by atoms with E-state index >= 15 is 0 Å². The van der Waals surface area contributed by atoms with E-state index in [1.807, 2.05) is 55.7 Å². The van der Waals surface area contributed by atoms with Gasteiger partial charge >= 0.3 is 0 Å². The molecule has 0 saturated heterocycles. The number of hydrogen-bond donors (Lipinski definition) is 1. The van der Waals surface area contributed by atoms with E-state index < -0.39 is 10.8 Å². The van der Waals surface area contributed by atoms with Crippen molar-refractivity contribution in [3.05, 3.63) is 53.3 Å². The second kappa shape index (κ2) is 9.72. The maximum atomic E-state index is 12.9. The van der Waals surface area contributed by atoms with Gasteiger partial charge in [0.05, 0.1) is 17.0 Å². The molecule has 0 saturated carbocycles. The molecule has 0 radical (unpaired) electrons. The molecule has 1 amide bonds. The third kappa shape index (κ3) is 4.79. The molecule has 2 unspecified atom stereocenters. The number of nitrogens with one attached hydrogen (secondary N) is 1. The van der Waals surface area contributed by atoms with E-state index in [0.29, 0.717) is 16.0 Å². The van der Waals surface area contributed by atoms with Crippen molar-refractivity contribution in [1.29, 1.82) is 5.26 Å². The molecule has 0 aliphatic rings. The maximum absolute atomic E-state index is 12.9. The van der Waals surface area contributed by atoms with E-state index in [-0.39, 0.29) is 11.8 Å². The van der Waals surface area contributed by atoms with Crippen LogP contribution in [0.3, 0.4) is 0 Å². The van der Waals surface area contributed by atoms with Crippen LogP contribution in [0.4, 0.5) is 0 Å². The Morgan fingerprint density at radius 3 is 2.53 bits per heavy atom. The first-order chi connectivity index (χ1) is 15.2. The number of pyridine rings is 1. The molecule has 0 spiro atoms. The van der Waals surface area contributed by atoms with Gasteiger partial charge in [0.25, 0.3) is 0 Å². The van der Waals surface area contributed by atoms with Crippen LogP contribution in [-0.2, 0) is 4.79 Å². The fraction of sp³-hybridized carbons (Fsp3) is 0.348. The number of carbonyl (C=O) groups is 1. The zero-order valence-corrected chi connectivity index (χ0v) is 20.2. The van der Waals surface area contributed by atoms with E-state index in [9.17, 15) is 10.1 Å². The number of aromatic nitrogens is 4. The van der Waals surface area contributed by atoms with E-state index in [4.69, 9.17) is 11.6 Å². The zero-order chi connectivity index (χ0) is 23.5. The van der Waals surface area contributed by atoms with Crippen LogP contribution in [0.5, 0.6) is 0 Å². The Balaban J connectivity index is 2.01. The molecular weight excluding hydrogens is 444 g/mol. The largest absolute Gasteiger partial charge is 0.337 e. The summed E-state index contributed by atoms with van der Waals surface area (Å²) in [5.74, 6) is 0.345. The molecule has 2 aromatic heterocycles. The Hall–Kier alpha value is -2.89. The summed E-state index contributed by atoms with van der Waals surface area (Å²) in [6.45, 7) is 9.25. The Morgan fingerprint density at radius 2 is 1.91 bits per heavy atom. The van der Waals surface area contributed by atoms with Crippen LogP contribution in [0.25, 0.3) is 17.1 Å². The molecule has 0 aliphatic carbocycles. The van der Waals surface area contributed by atoms with Gasteiger partial charge in [-0.1, -0.05) is 43.3 Å². The van der Waals surface area contributed by atoms with Crippen LogP contribution >= 0.6 is 23.4 Å². The predicted molar refractivity (Wildman–Crippen MR) is 127 cm³/mol. The molecule has 9 heteroatoms. The first kappa shape index (κ1) is 23.8. The van der Waals surface area contributed by atoms with Crippen molar-refractivity contribution in [1.82, 2.24) is 25.1 Å². The number of benzene rings is 1. The van der Waals surface area contributed by atoms with Gasteiger partial charge in [-0.2, -0.15) is 5.26 Å². The zero-order valence-electron chi connectivity index (χ0n) is 18.6. The van der Waals surface area contributed by atoms with Crippen LogP contribution in [0, 0.1) is 24.2 Å². The van der Waals surface area contributed by atoms with Gasteiger partial charge in [-0.3, -0.25) is 14.3 Å². The highest BCUT2D eigenvalue weighted by atomic mass is 35.5. The summed E-state index contributed by atoms with van der Waals surface area (Å²) in [5, 5.41) is 21.9. The summed E-state index contributed by atoms with van der Waals surface area (Å²) in [6.07, 6.45) is 3.38. The maximum Gasteiger partial charge on any atom is 0.234 e. The van der Waals surface area contributed by atoms with Gasteiger partial charge in [0.1, 0.15) is 5.54 Å². The fourth-order valence-corrected chi connectivity index (χ4v) is 3.99. The summed E-state index contributed by atoms with van der Waals surface area (Å²) in [6, 6.07) is 11.6. The lowest BCUT2D eigenvalue weighted by Crippen LogP contribution is -2.51. The van der Waals surface area contributed by atoms with Gasteiger partial charge < -0.3 is 5.32 Å². The highest BCUT2D eigenvalue weighted by molar-refractivity contribution is 8.00. The number of hydrogen-bond acceptors (Lipinski definition) is 6. The third-order valence-corrected chi connectivity index (χ3v) is 6.93. The number of halogens is 1. The Kier molecular flexibility index (Phi) is 7.22. The average molecular weight is 469 g/mol. The minimum Gasteiger partial charge on any atom is -0.337 e. The monoisotopic (exact) mass is 468 g/mol. The van der Waals surface area contributed by atoms with Crippen molar-refractivity contribution in [2.24, 2.45) is 5.92 Å². The third-order valence-electron chi connectivity index (χ3n) is 5.47. The van der Waals surface area contributed by atoms with Crippen molar-refractivity contribution in [3.63, 3.8) is 0 Å². The van der Waals surface area contributed by atoms with Crippen molar-refractivity contribution >= 4 is 29.3 Å². The Morgan fingerprint density at radius 1 is 1.22 bits per heavy atom. The normalized spacial score (nSPS) is 13.9. The van der Waals surface area contributed by atoms with Crippen molar-refractivity contribution in [2.45, 2.75) is 50.6 Å². The second-order valence-electron chi connectivity index (χ2n) is 7.98. The summed E-state index contributed by atoms with van der Waals surface area (Å²) in [7, 11) is 0. The SMILES string of the molecule is Cc1c(Cl)cccc1-n1c(SC(C)C(=O)NC(C)(C#N)C(C)C)nnc1-c1ccncc1. The predicted octanol–water partition coefficient (Wildman–Crippen LogP) is 4.83. The van der Waals surface area contributed by atoms with Gasteiger partial charge in [0.15, 0.2) is 11.0 Å². The number of carbonyl (C=O) groups excluding carboxylic acids is 1. The first-order valence-corrected chi connectivity index (χ1v) is 11.4. The van der Waals surface area contributed by atoms with Gasteiger partial charge in [0, 0.05) is 23.0 Å². The highest BCUT2D eigenvalue weighted by Gasteiger charge is 2.32. The summed E-state index contributed by atoms with van der Waals surface area (Å²) in [5.41, 5.74) is 1.59. The van der Waals surface area contributed by atoms with E-state index in [2.05, 4.69) is 26.6 Å². The Bertz CT molecular complexity index is 1160. The molecule has 32 heavy (non-hydrogen) atoms. The number of rotatable bonds is 7. The fourth-order valence-electron chi connectivity index (χ4n) is 2.96. The van der Waals surface area contributed by atoms with E-state index in [1.165, 1.54) is 11.8 Å². The van der Waals surface area contributed by atoms with Crippen LogP contribution in [0.15, 0.2) is 47.9 Å². The molecule has 1 aromatic carbocycles. The molecule has 0 bridgehead atoms. The molecule has 2 atom stereocenters. The molecule has 3 aromatic rings. The number of nitrogens with zero attached hydrogens (tertiary/aromatic N) is 5. The topological polar surface area (TPSA) is 96.5 Å². The minimum atomic E-state index is -0.953. The van der Waals surface area contributed by atoms with Crippen LogP contribution in [0.1, 0.15) is 33.3 Å². The van der Waals surface area contributed by atoms with Crippen LogP contribution in [0.2, 0.25) is 5.02 Å². The standard InChI is InChI=1S/C23H25ClN6OS/c1-14(2)23(5,13-25)27-21(31)16(4)32-22-29-28-20(17-9-11-26-12-10-17)30(22)19-8-6-7-18(24)15(19)3/h6-12,14,16H,1-5H3,(H,27,31). The molecule has 0 aliphatic heterocycles. The van der Waals surface area contributed by atoms with Crippen molar-refractivity contribution in [3.8, 4) is 23.1 Å². The summed E-state index contributed by atoms with van der Waals surface area (Å²) >= 11 is 7.67. The quantitative estimate of drug-likeness (QED) is 0.499. The van der Waals surface area contributed by atoms with Gasteiger partial charge in [-0.15, -0.1) is 10.2 Å². The highest BCUT2D eigenvalue weighted by Crippen LogP contribution is 2.33. The molecule has 0 fully saturated rings. The molecule has 1 N–H and O–H groups in total. The molecule has 2 heterocycles. The number of nitriles is 1. The van der Waals surface area contributed by atoms with Crippen LogP contribution in [-0.4, -0.2) is 36.4 Å². The van der Waals surface area contributed by atoms with Crippen molar-refractivity contribution < 1.29 is 4.79 Å². The number of amides is 1. The number of thioether (sulfide) groups is 1. The smallest absolute Gasteiger partial charge is 0.234 e. The van der Waals surface area contributed by atoms with Crippen molar-refractivity contribution in [2.75, 3.05) is 0 Å². The molecular formula is C23H25ClN6OS. The lowest BCUT2D eigenvalue weighted by Gasteiger charge is -2.28. The minimum absolute atomic E-state index is 0.0373. The van der Waals surface area contributed by atoms with Gasteiger partial charge in [-0.05, 0) is 56.5 Å². The lowest BCUT2D eigenvalue weighted by molar-refractivity contribution is -0.121. The second-order valence-corrected chi connectivity index (χ2v) is 9.69. The van der Waals surface area contributed by atoms with Gasteiger partial charge in [0.2, 0.25) is 5.91 Å². The molecule has 3 rings (SSSR count). The molecule has 7 nitrogen and oxygen atoms in total.